The molecule has 1 saturated heterocycles. The summed E-state index contributed by atoms with van der Waals surface area (Å²) < 4.78 is 29.6. The summed E-state index contributed by atoms with van der Waals surface area (Å²) in [5, 5.41) is 41.8. The summed E-state index contributed by atoms with van der Waals surface area (Å²) in [6, 6.07) is 0. The number of hydrogen-bond acceptors (Lipinski definition) is 8. The van der Waals surface area contributed by atoms with Crippen molar-refractivity contribution in [1.82, 2.24) is 0 Å². The Bertz CT molecular complexity index is 344. The van der Waals surface area contributed by atoms with Crippen molar-refractivity contribution in [3.05, 3.63) is 0 Å². The molecule has 1 rings (SSSR count). The topological polar surface area (TPSA) is 160 Å². The Morgan fingerprint density at radius 3 is 2.50 bits per heavy atom. The van der Waals surface area contributed by atoms with E-state index in [1.54, 1.807) is 0 Å². The van der Waals surface area contributed by atoms with E-state index in [1.165, 1.54) is 0 Å². The molecular formula is C6H13NO8S. The van der Waals surface area contributed by atoms with E-state index in [-0.39, 0.29) is 0 Å². The van der Waals surface area contributed by atoms with Crippen molar-refractivity contribution < 1.29 is 37.8 Å². The van der Waals surface area contributed by atoms with Crippen molar-refractivity contribution in [1.29, 1.82) is 0 Å². The third-order valence-corrected chi connectivity index (χ3v) is 2.56. The smallest absolute Gasteiger partial charge is 0.333 e. The molecule has 0 bridgehead atoms. The Morgan fingerprint density at radius 2 is 2.00 bits per heavy atom. The lowest BCUT2D eigenvalue weighted by Gasteiger charge is -2.40. The van der Waals surface area contributed by atoms with Gasteiger partial charge in [-0.15, -0.1) is 0 Å². The van der Waals surface area contributed by atoms with Crippen molar-refractivity contribution in [2.24, 2.45) is 5.14 Å². The first-order valence-electron chi connectivity index (χ1n) is 4.23. The second-order valence-corrected chi connectivity index (χ2v) is 4.63. The largest absolute Gasteiger partial charge is 0.388 e. The van der Waals surface area contributed by atoms with Gasteiger partial charge in [0.25, 0.3) is 0 Å². The number of aliphatic hydroxyl groups is 4. The van der Waals surface area contributed by atoms with Crippen LogP contribution in [0.15, 0.2) is 0 Å². The Balaban J connectivity index is 2.70. The summed E-state index contributed by atoms with van der Waals surface area (Å²) in [6.07, 6.45) is -4.98. The van der Waals surface area contributed by atoms with Crippen LogP contribution >= 0.6 is 0 Å². The molecule has 0 aromatic carbocycles. The van der Waals surface area contributed by atoms with Crippen LogP contribution in [0.25, 0.3) is 0 Å². The van der Waals surface area contributed by atoms with Gasteiger partial charge in [0.05, 0.1) is 6.61 Å². The second kappa shape index (κ2) is 4.50. The quantitative estimate of drug-likeness (QED) is 0.343. The van der Waals surface area contributed by atoms with E-state index in [9.17, 15) is 23.7 Å². The molecule has 0 saturated carbocycles. The zero-order valence-corrected chi connectivity index (χ0v) is 8.87. The first kappa shape index (κ1) is 13.7. The average molecular weight is 259 g/mol. The summed E-state index contributed by atoms with van der Waals surface area (Å²) >= 11 is 0. The molecule has 1 aliphatic heterocycles. The van der Waals surface area contributed by atoms with Crippen LogP contribution < -0.4 is 5.14 Å². The van der Waals surface area contributed by atoms with E-state index in [0.29, 0.717) is 0 Å². The van der Waals surface area contributed by atoms with Gasteiger partial charge in [-0.2, -0.15) is 8.42 Å². The molecule has 1 fully saturated rings. The molecule has 0 aromatic rings. The minimum absolute atomic E-state index is 0.483. The van der Waals surface area contributed by atoms with Crippen molar-refractivity contribution >= 4 is 10.3 Å². The van der Waals surface area contributed by atoms with Crippen LogP contribution in [0.2, 0.25) is 0 Å². The average Bonchev–Trinajstić information content (AvgIpc) is 2.18. The molecule has 6 N–H and O–H groups in total. The van der Waals surface area contributed by atoms with Crippen LogP contribution in [0.3, 0.4) is 0 Å². The molecule has 0 spiro atoms. The van der Waals surface area contributed by atoms with Crippen molar-refractivity contribution in [3.63, 3.8) is 0 Å². The van der Waals surface area contributed by atoms with Gasteiger partial charge in [0.1, 0.15) is 24.9 Å². The van der Waals surface area contributed by atoms with Gasteiger partial charge < -0.3 is 25.2 Å². The fourth-order valence-corrected chi connectivity index (χ4v) is 1.52. The summed E-state index contributed by atoms with van der Waals surface area (Å²) in [5.74, 6) is -2.44. The molecule has 1 aliphatic rings. The lowest BCUT2D eigenvalue weighted by molar-refractivity contribution is -0.328. The Morgan fingerprint density at radius 1 is 1.44 bits per heavy atom. The standard InChI is InChI=1S/C6H13NO8S/c7-16(12,13)15-2-6(11)5(10)4(9)3(8)1-14-6/h3-5,8-11H,1-2H2,(H2,7,12,13)/t3-,4+,5-,6+/m0/s1. The predicted octanol–water partition coefficient (Wildman–Crippen LogP) is -3.99. The third-order valence-electron chi connectivity index (χ3n) is 2.11. The van der Waals surface area contributed by atoms with E-state index in [2.05, 4.69) is 14.1 Å². The van der Waals surface area contributed by atoms with E-state index in [0.717, 1.165) is 0 Å². The predicted molar refractivity (Wildman–Crippen MR) is 48.0 cm³/mol. The highest BCUT2D eigenvalue weighted by Crippen LogP contribution is 2.24. The van der Waals surface area contributed by atoms with Gasteiger partial charge in [-0.05, 0) is 0 Å². The van der Waals surface area contributed by atoms with Crippen molar-refractivity contribution in [2.75, 3.05) is 13.2 Å². The first-order chi connectivity index (χ1) is 7.16. The molecule has 96 valence electrons. The molecule has 0 radical (unpaired) electrons. The second-order valence-electron chi connectivity index (χ2n) is 3.41. The Hall–Kier alpha value is -0.330. The maximum Gasteiger partial charge on any atom is 0.333 e. The summed E-state index contributed by atoms with van der Waals surface area (Å²) in [4.78, 5) is 0. The lowest BCUT2D eigenvalue weighted by atomic mass is 9.98. The Labute approximate surface area is 91.3 Å². The van der Waals surface area contributed by atoms with Gasteiger partial charge in [0.15, 0.2) is 0 Å². The van der Waals surface area contributed by atoms with Crippen LogP contribution in [0.1, 0.15) is 0 Å². The maximum atomic E-state index is 10.5. The van der Waals surface area contributed by atoms with Crippen LogP contribution in [0.4, 0.5) is 0 Å². The van der Waals surface area contributed by atoms with Crippen molar-refractivity contribution in [2.45, 2.75) is 24.1 Å². The highest BCUT2D eigenvalue weighted by Gasteiger charge is 2.49. The van der Waals surface area contributed by atoms with Crippen LogP contribution in [-0.2, 0) is 19.2 Å². The monoisotopic (exact) mass is 259 g/mol. The SMILES string of the molecule is NS(=O)(=O)OC[C@@]1(O)OC[C@H](O)[C@@H](O)[C@@H]1O. The van der Waals surface area contributed by atoms with Gasteiger partial charge >= 0.3 is 10.3 Å². The van der Waals surface area contributed by atoms with E-state index in [1.807, 2.05) is 0 Å². The Kier molecular flexibility index (Phi) is 3.87. The number of rotatable bonds is 3. The number of hydrogen-bond donors (Lipinski definition) is 5. The number of aliphatic hydroxyl groups excluding tert-OH is 3. The van der Waals surface area contributed by atoms with Gasteiger partial charge in [-0.25, -0.2) is 5.14 Å². The fraction of sp³-hybridized carbons (Fsp3) is 1.00. The number of ether oxygens (including phenoxy) is 1. The van der Waals surface area contributed by atoms with E-state index in [4.69, 9.17) is 5.11 Å². The van der Waals surface area contributed by atoms with Crippen LogP contribution in [0, 0.1) is 0 Å². The minimum atomic E-state index is -4.31. The zero-order valence-electron chi connectivity index (χ0n) is 8.05. The van der Waals surface area contributed by atoms with E-state index >= 15 is 0 Å². The lowest BCUT2D eigenvalue weighted by Crippen LogP contribution is -2.63. The molecule has 4 atom stereocenters. The molecule has 0 amide bonds. The highest BCUT2D eigenvalue weighted by molar-refractivity contribution is 7.84. The molecule has 0 aliphatic carbocycles. The molecule has 10 heteroatoms. The normalized spacial score (nSPS) is 40.9. The van der Waals surface area contributed by atoms with Gasteiger partial charge in [0, 0.05) is 0 Å². The molecule has 16 heavy (non-hydrogen) atoms. The van der Waals surface area contributed by atoms with Crippen molar-refractivity contribution in [3.8, 4) is 0 Å². The van der Waals surface area contributed by atoms with Crippen LogP contribution in [-0.4, -0.2) is 66.2 Å². The summed E-state index contributed by atoms with van der Waals surface area (Å²) in [5.41, 5.74) is 0. The molecule has 0 unspecified atom stereocenters. The van der Waals surface area contributed by atoms with Gasteiger partial charge in [0.2, 0.25) is 5.79 Å². The van der Waals surface area contributed by atoms with Gasteiger partial charge in [-0.1, -0.05) is 0 Å². The minimum Gasteiger partial charge on any atom is -0.388 e. The van der Waals surface area contributed by atoms with Gasteiger partial charge in [-0.3, -0.25) is 4.18 Å². The first-order valence-corrected chi connectivity index (χ1v) is 5.70. The molecule has 1 heterocycles. The summed E-state index contributed by atoms with van der Waals surface area (Å²) in [7, 11) is -4.31. The maximum absolute atomic E-state index is 10.5. The molecular weight excluding hydrogens is 246 g/mol. The third kappa shape index (κ3) is 3.09. The van der Waals surface area contributed by atoms with Crippen LogP contribution in [0.5, 0.6) is 0 Å². The molecule has 9 nitrogen and oxygen atoms in total. The van der Waals surface area contributed by atoms with E-state index < -0.39 is 47.6 Å². The highest BCUT2D eigenvalue weighted by atomic mass is 32.2. The zero-order chi connectivity index (χ0) is 12.6. The number of nitrogens with two attached hydrogens (primary N) is 1. The summed E-state index contributed by atoms with van der Waals surface area (Å²) in [6.45, 7) is -1.47. The molecule has 0 aromatic heterocycles. The fourth-order valence-electron chi connectivity index (χ4n) is 1.18.